The Morgan fingerprint density at radius 2 is 0.956 bits per heavy atom. The minimum absolute atomic E-state index is 0.608. The second-order valence-electron chi connectivity index (χ2n) is 11.3. The molecule has 0 atom stereocenters. The van der Waals surface area contributed by atoms with Crippen LogP contribution in [0.15, 0.2) is 156 Å². The van der Waals surface area contributed by atoms with E-state index in [1.165, 1.54) is 16.2 Å². The predicted molar refractivity (Wildman–Crippen MR) is 184 cm³/mol. The summed E-state index contributed by atoms with van der Waals surface area (Å²) in [5.41, 5.74) is 6.60. The van der Waals surface area contributed by atoms with Crippen molar-refractivity contribution in [3.05, 3.63) is 152 Å². The van der Waals surface area contributed by atoms with Crippen LogP contribution in [0.2, 0.25) is 0 Å². The molecular formula is C41H25N3O. The summed E-state index contributed by atoms with van der Waals surface area (Å²) in [6.45, 7) is 0. The molecule has 0 fully saturated rings. The smallest absolute Gasteiger partial charge is 0.164 e. The minimum atomic E-state index is 0.608. The van der Waals surface area contributed by atoms with Gasteiger partial charge in [0.1, 0.15) is 11.2 Å². The summed E-state index contributed by atoms with van der Waals surface area (Å²) in [5.74, 6) is 1.87. The van der Waals surface area contributed by atoms with Crippen molar-refractivity contribution >= 4 is 43.5 Å². The number of aromatic nitrogens is 3. The Hall–Kier alpha value is -6.13. The highest BCUT2D eigenvalue weighted by Crippen LogP contribution is 2.40. The molecule has 0 bridgehead atoms. The molecule has 7 aromatic carbocycles. The lowest BCUT2D eigenvalue weighted by Gasteiger charge is -2.10. The van der Waals surface area contributed by atoms with E-state index in [-0.39, 0.29) is 0 Å². The SMILES string of the molecule is c1ccc(-c2nc(-c3ccc4ccccc4c3)nc(-c3cccc4oc5c(-c6ccc7ccccc7c6)cccc5c34)n2)cc1. The molecular weight excluding hydrogens is 550 g/mol. The lowest BCUT2D eigenvalue weighted by molar-refractivity contribution is 0.670. The monoisotopic (exact) mass is 575 g/mol. The van der Waals surface area contributed by atoms with Gasteiger partial charge in [-0.3, -0.25) is 0 Å². The van der Waals surface area contributed by atoms with Gasteiger partial charge in [-0.1, -0.05) is 133 Å². The van der Waals surface area contributed by atoms with Crippen LogP contribution in [0.4, 0.5) is 0 Å². The van der Waals surface area contributed by atoms with Crippen molar-refractivity contribution in [2.75, 3.05) is 0 Å². The van der Waals surface area contributed by atoms with Crippen LogP contribution in [-0.2, 0) is 0 Å². The van der Waals surface area contributed by atoms with Crippen molar-refractivity contribution in [1.29, 1.82) is 0 Å². The molecule has 9 aromatic rings. The molecule has 0 saturated heterocycles. The average molecular weight is 576 g/mol. The van der Waals surface area contributed by atoms with Gasteiger partial charge in [-0.2, -0.15) is 0 Å². The first-order chi connectivity index (χ1) is 22.3. The quantitative estimate of drug-likeness (QED) is 0.209. The Labute approximate surface area is 259 Å². The summed E-state index contributed by atoms with van der Waals surface area (Å²) in [6, 6.07) is 52.2. The largest absolute Gasteiger partial charge is 0.455 e. The Morgan fingerprint density at radius 3 is 1.71 bits per heavy atom. The van der Waals surface area contributed by atoms with E-state index >= 15 is 0 Å². The molecule has 0 saturated carbocycles. The van der Waals surface area contributed by atoms with Gasteiger partial charge in [-0.05, 0) is 45.3 Å². The van der Waals surface area contributed by atoms with Gasteiger partial charge in [0, 0.05) is 33.0 Å². The fourth-order valence-corrected chi connectivity index (χ4v) is 6.29. The first-order valence-electron chi connectivity index (χ1n) is 15.0. The summed E-state index contributed by atoms with van der Waals surface area (Å²) in [4.78, 5) is 15.1. The molecule has 210 valence electrons. The Bertz CT molecular complexity index is 2550. The number of hydrogen-bond acceptors (Lipinski definition) is 4. The van der Waals surface area contributed by atoms with E-state index in [0.29, 0.717) is 17.5 Å². The van der Waals surface area contributed by atoms with Gasteiger partial charge < -0.3 is 4.42 Å². The summed E-state index contributed by atoms with van der Waals surface area (Å²) in [5, 5.41) is 6.75. The molecule has 45 heavy (non-hydrogen) atoms. The highest BCUT2D eigenvalue weighted by molar-refractivity contribution is 6.15. The maximum absolute atomic E-state index is 6.62. The molecule has 0 unspecified atom stereocenters. The fraction of sp³-hybridized carbons (Fsp3) is 0. The van der Waals surface area contributed by atoms with Crippen molar-refractivity contribution in [1.82, 2.24) is 15.0 Å². The van der Waals surface area contributed by atoms with E-state index in [1.54, 1.807) is 0 Å². The van der Waals surface area contributed by atoms with Gasteiger partial charge in [-0.25, -0.2) is 15.0 Å². The van der Waals surface area contributed by atoms with Crippen molar-refractivity contribution < 1.29 is 4.42 Å². The molecule has 0 spiro atoms. The van der Waals surface area contributed by atoms with Gasteiger partial charge in [-0.15, -0.1) is 0 Å². The third-order valence-electron chi connectivity index (χ3n) is 8.50. The summed E-state index contributed by atoms with van der Waals surface area (Å²) in [6.07, 6.45) is 0. The highest BCUT2D eigenvalue weighted by Gasteiger charge is 2.19. The van der Waals surface area contributed by atoms with Crippen molar-refractivity contribution in [2.24, 2.45) is 0 Å². The number of benzene rings is 7. The molecule has 0 amide bonds. The van der Waals surface area contributed by atoms with Gasteiger partial charge in [0.15, 0.2) is 17.5 Å². The topological polar surface area (TPSA) is 51.8 Å². The van der Waals surface area contributed by atoms with Crippen molar-refractivity contribution in [2.45, 2.75) is 0 Å². The maximum Gasteiger partial charge on any atom is 0.164 e. The zero-order valence-electron chi connectivity index (χ0n) is 24.2. The van der Waals surface area contributed by atoms with Gasteiger partial charge in [0.05, 0.1) is 0 Å². The van der Waals surface area contributed by atoms with Crippen molar-refractivity contribution in [3.8, 4) is 45.3 Å². The van der Waals surface area contributed by atoms with Crippen LogP contribution < -0.4 is 0 Å². The zero-order chi connectivity index (χ0) is 29.7. The average Bonchev–Trinajstić information content (AvgIpc) is 3.51. The number of fused-ring (bicyclic) bond motifs is 5. The summed E-state index contributed by atoms with van der Waals surface area (Å²) >= 11 is 0. The maximum atomic E-state index is 6.62. The van der Waals surface area contributed by atoms with E-state index in [4.69, 9.17) is 19.4 Å². The first-order valence-corrected chi connectivity index (χ1v) is 15.0. The van der Waals surface area contributed by atoms with Crippen LogP contribution in [0, 0.1) is 0 Å². The summed E-state index contributed by atoms with van der Waals surface area (Å²) in [7, 11) is 0. The van der Waals surface area contributed by atoms with Crippen molar-refractivity contribution in [3.63, 3.8) is 0 Å². The predicted octanol–water partition coefficient (Wildman–Crippen LogP) is 10.7. The molecule has 0 N–H and O–H groups in total. The first kappa shape index (κ1) is 25.4. The number of hydrogen-bond donors (Lipinski definition) is 0. The molecule has 2 heterocycles. The van der Waals surface area contributed by atoms with E-state index < -0.39 is 0 Å². The van der Waals surface area contributed by atoms with Crippen LogP contribution in [-0.4, -0.2) is 15.0 Å². The Balaban J connectivity index is 1.27. The third kappa shape index (κ3) is 4.35. The van der Waals surface area contributed by atoms with E-state index in [9.17, 15) is 0 Å². The third-order valence-corrected chi connectivity index (χ3v) is 8.50. The number of nitrogens with zero attached hydrogens (tertiary/aromatic N) is 3. The second-order valence-corrected chi connectivity index (χ2v) is 11.3. The highest BCUT2D eigenvalue weighted by atomic mass is 16.3. The molecule has 2 aromatic heterocycles. The van der Waals surface area contributed by atoms with Crippen LogP contribution >= 0.6 is 0 Å². The van der Waals surface area contributed by atoms with E-state index in [0.717, 1.165) is 55.1 Å². The number of rotatable bonds is 4. The van der Waals surface area contributed by atoms with Crippen LogP contribution in [0.25, 0.3) is 88.8 Å². The standard InChI is InChI=1S/C41H25N3O/c1-2-12-28(13-3-1)39-42-40(32-23-21-27-11-5-7-15-30(27)25-32)44-41(43-39)35-18-9-19-36-37(35)34-17-8-16-33(38(34)45-36)31-22-20-26-10-4-6-14-29(26)24-31/h1-25H. The minimum Gasteiger partial charge on any atom is -0.455 e. The van der Waals surface area contributed by atoms with Crippen LogP contribution in [0.3, 0.4) is 0 Å². The van der Waals surface area contributed by atoms with Gasteiger partial charge in [0.25, 0.3) is 0 Å². The molecule has 0 radical (unpaired) electrons. The van der Waals surface area contributed by atoms with E-state index in [2.05, 4.69) is 109 Å². The van der Waals surface area contributed by atoms with Crippen LogP contribution in [0.5, 0.6) is 0 Å². The summed E-state index contributed by atoms with van der Waals surface area (Å²) < 4.78 is 6.62. The molecule has 4 nitrogen and oxygen atoms in total. The number of para-hydroxylation sites is 1. The molecule has 9 rings (SSSR count). The Kier molecular flexibility index (Phi) is 5.78. The fourth-order valence-electron chi connectivity index (χ4n) is 6.29. The molecule has 0 aliphatic heterocycles. The molecule has 4 heteroatoms. The number of furan rings is 1. The van der Waals surface area contributed by atoms with Gasteiger partial charge in [0.2, 0.25) is 0 Å². The van der Waals surface area contributed by atoms with Crippen LogP contribution in [0.1, 0.15) is 0 Å². The Morgan fingerprint density at radius 1 is 0.378 bits per heavy atom. The molecule has 0 aliphatic carbocycles. The normalized spacial score (nSPS) is 11.6. The van der Waals surface area contributed by atoms with Gasteiger partial charge >= 0.3 is 0 Å². The zero-order valence-corrected chi connectivity index (χ0v) is 24.2. The lowest BCUT2D eigenvalue weighted by Crippen LogP contribution is -2.00. The van der Waals surface area contributed by atoms with E-state index in [1.807, 2.05) is 42.5 Å². The second kappa shape index (κ2) is 10.2. The molecule has 0 aliphatic rings. The lowest BCUT2D eigenvalue weighted by atomic mass is 9.98.